The van der Waals surface area contributed by atoms with E-state index in [0.29, 0.717) is 22.3 Å². The second-order valence-corrected chi connectivity index (χ2v) is 7.17. The summed E-state index contributed by atoms with van der Waals surface area (Å²) in [6.07, 6.45) is 3.00. The Morgan fingerprint density at radius 2 is 1.75 bits per heavy atom. The molecule has 6 heteroatoms. The van der Waals surface area contributed by atoms with Crippen molar-refractivity contribution in [1.29, 1.82) is 0 Å². The van der Waals surface area contributed by atoms with Crippen molar-refractivity contribution in [3.8, 4) is 0 Å². The number of nitrogens with zero attached hydrogens (tertiary/aromatic N) is 2. The van der Waals surface area contributed by atoms with E-state index in [9.17, 15) is 4.79 Å². The third-order valence-electron chi connectivity index (χ3n) is 4.40. The van der Waals surface area contributed by atoms with Crippen LogP contribution in [-0.2, 0) is 22.7 Å². The Hall–Kier alpha value is -2.56. The van der Waals surface area contributed by atoms with Gasteiger partial charge in [-0.15, -0.1) is 0 Å². The van der Waals surface area contributed by atoms with Crippen LogP contribution >= 0.6 is 23.2 Å². The van der Waals surface area contributed by atoms with Crippen molar-refractivity contribution in [3.63, 3.8) is 0 Å². The first kappa shape index (κ1) is 20.2. The lowest BCUT2D eigenvalue weighted by Gasteiger charge is -2.06. The summed E-state index contributed by atoms with van der Waals surface area (Å²) in [5, 5.41) is 5.55. The molecule has 0 N–H and O–H groups in total. The number of halogens is 2. The van der Waals surface area contributed by atoms with Crippen molar-refractivity contribution in [1.82, 2.24) is 9.78 Å². The van der Waals surface area contributed by atoms with Crippen LogP contribution in [0.3, 0.4) is 0 Å². The molecule has 0 atom stereocenters. The summed E-state index contributed by atoms with van der Waals surface area (Å²) in [6.45, 7) is 4.50. The molecule has 0 spiro atoms. The number of aryl methyl sites for hydroxylation is 2. The average Bonchev–Trinajstić information content (AvgIpc) is 2.94. The van der Waals surface area contributed by atoms with E-state index >= 15 is 0 Å². The van der Waals surface area contributed by atoms with E-state index in [-0.39, 0.29) is 6.61 Å². The summed E-state index contributed by atoms with van der Waals surface area (Å²) in [4.78, 5) is 12.1. The van der Waals surface area contributed by atoms with Gasteiger partial charge in [-0.3, -0.25) is 0 Å². The minimum atomic E-state index is -0.433. The Labute approximate surface area is 174 Å². The minimum Gasteiger partial charge on any atom is -0.458 e. The molecule has 2 aromatic carbocycles. The van der Waals surface area contributed by atoms with Gasteiger partial charge in [0, 0.05) is 16.7 Å². The van der Waals surface area contributed by atoms with Gasteiger partial charge in [-0.05, 0) is 42.7 Å². The van der Waals surface area contributed by atoms with Crippen molar-refractivity contribution >= 4 is 35.2 Å². The number of hydrogen-bond donors (Lipinski definition) is 0. The highest BCUT2D eigenvalue weighted by atomic mass is 35.5. The van der Waals surface area contributed by atoms with Gasteiger partial charge >= 0.3 is 5.97 Å². The number of ether oxygens (including phenoxy) is 1. The number of rotatable bonds is 6. The third kappa shape index (κ3) is 4.83. The Balaban J connectivity index is 1.68. The fourth-order valence-corrected chi connectivity index (χ4v) is 3.26. The van der Waals surface area contributed by atoms with Crippen LogP contribution in [0.25, 0.3) is 6.08 Å². The van der Waals surface area contributed by atoms with Gasteiger partial charge in [0.15, 0.2) is 0 Å². The predicted octanol–water partition coefficient (Wildman–Crippen LogP) is 5.61. The first-order valence-corrected chi connectivity index (χ1v) is 9.57. The van der Waals surface area contributed by atoms with Crippen LogP contribution in [0.15, 0.2) is 54.6 Å². The summed E-state index contributed by atoms with van der Waals surface area (Å²) in [5.41, 5.74) is 4.38. The summed E-state index contributed by atoms with van der Waals surface area (Å²) in [5.74, 6) is -0.433. The van der Waals surface area contributed by atoms with Crippen molar-refractivity contribution < 1.29 is 9.53 Å². The lowest BCUT2D eigenvalue weighted by Crippen LogP contribution is -2.02. The van der Waals surface area contributed by atoms with Crippen LogP contribution < -0.4 is 0 Å². The minimum absolute atomic E-state index is 0.230. The molecule has 0 radical (unpaired) electrons. The molecule has 28 heavy (non-hydrogen) atoms. The second kappa shape index (κ2) is 9.09. The van der Waals surface area contributed by atoms with Gasteiger partial charge in [0.1, 0.15) is 11.8 Å². The first-order chi connectivity index (χ1) is 13.5. The Bertz CT molecular complexity index is 1030. The molecule has 3 rings (SSSR count). The molecule has 0 amide bonds. The molecule has 0 saturated heterocycles. The largest absolute Gasteiger partial charge is 0.458 e. The summed E-state index contributed by atoms with van der Waals surface area (Å²) < 4.78 is 6.98. The van der Waals surface area contributed by atoms with Gasteiger partial charge in [-0.25, -0.2) is 9.48 Å². The lowest BCUT2D eigenvalue weighted by atomic mass is 10.1. The van der Waals surface area contributed by atoms with Gasteiger partial charge in [0.2, 0.25) is 0 Å². The van der Waals surface area contributed by atoms with E-state index in [1.54, 1.807) is 10.8 Å². The zero-order valence-electron chi connectivity index (χ0n) is 15.7. The monoisotopic (exact) mass is 414 g/mol. The van der Waals surface area contributed by atoms with Crippen LogP contribution in [0, 0.1) is 13.8 Å². The van der Waals surface area contributed by atoms with E-state index in [4.69, 9.17) is 27.9 Å². The normalized spacial score (nSPS) is 11.1. The molecule has 0 fully saturated rings. The number of hydrogen-bond acceptors (Lipinski definition) is 3. The molecule has 0 bridgehead atoms. The number of esters is 1. The third-order valence-corrected chi connectivity index (χ3v) is 5.17. The maximum atomic E-state index is 12.1. The van der Waals surface area contributed by atoms with Gasteiger partial charge in [0.05, 0.1) is 12.2 Å². The molecule has 4 nitrogen and oxygen atoms in total. The van der Waals surface area contributed by atoms with Crippen molar-refractivity contribution in [2.75, 3.05) is 0 Å². The molecule has 3 aromatic rings. The van der Waals surface area contributed by atoms with Gasteiger partial charge in [-0.2, -0.15) is 5.10 Å². The van der Waals surface area contributed by atoms with Crippen LogP contribution in [0.5, 0.6) is 0 Å². The summed E-state index contributed by atoms with van der Waals surface area (Å²) >= 11 is 12.7. The van der Waals surface area contributed by atoms with Gasteiger partial charge in [-0.1, -0.05) is 65.7 Å². The average molecular weight is 415 g/mol. The fourth-order valence-electron chi connectivity index (χ4n) is 2.77. The van der Waals surface area contributed by atoms with Crippen LogP contribution in [0.1, 0.15) is 27.9 Å². The van der Waals surface area contributed by atoms with Crippen LogP contribution in [0.4, 0.5) is 0 Å². The molecule has 0 saturated carbocycles. The fraction of sp³-hybridized carbons (Fsp3) is 0.182. The van der Waals surface area contributed by atoms with E-state index < -0.39 is 5.97 Å². The van der Waals surface area contributed by atoms with Gasteiger partial charge in [0.25, 0.3) is 0 Å². The highest BCUT2D eigenvalue weighted by Gasteiger charge is 2.13. The zero-order valence-corrected chi connectivity index (χ0v) is 17.2. The highest BCUT2D eigenvalue weighted by Crippen LogP contribution is 2.24. The van der Waals surface area contributed by atoms with Crippen molar-refractivity contribution in [2.24, 2.45) is 0 Å². The standard InChI is InChI=1S/C22H20Cl2N2O2/c1-15-7-3-4-9-18(15)14-28-21(27)12-11-19-16(2)25-26(22(19)24)13-17-8-5-6-10-20(17)23/h3-12H,13-14H2,1-2H3/b12-11+. The van der Waals surface area contributed by atoms with Gasteiger partial charge < -0.3 is 4.74 Å². The maximum absolute atomic E-state index is 12.1. The van der Waals surface area contributed by atoms with Crippen LogP contribution in [0.2, 0.25) is 10.2 Å². The molecule has 0 unspecified atom stereocenters. The Kier molecular flexibility index (Phi) is 6.55. The summed E-state index contributed by atoms with van der Waals surface area (Å²) in [7, 11) is 0. The number of aromatic nitrogens is 2. The topological polar surface area (TPSA) is 44.1 Å². The molecule has 0 aliphatic carbocycles. The molecule has 0 aliphatic heterocycles. The Morgan fingerprint density at radius 3 is 2.46 bits per heavy atom. The number of carbonyl (C=O) groups is 1. The van der Waals surface area contributed by atoms with Crippen molar-refractivity contribution in [2.45, 2.75) is 27.0 Å². The highest BCUT2D eigenvalue weighted by molar-refractivity contribution is 6.32. The molecular formula is C22H20Cl2N2O2. The van der Waals surface area contributed by atoms with Crippen LogP contribution in [-0.4, -0.2) is 15.7 Å². The molecule has 1 aromatic heterocycles. The van der Waals surface area contributed by atoms with E-state index in [0.717, 1.165) is 22.4 Å². The SMILES string of the molecule is Cc1ccccc1COC(=O)/C=C/c1c(C)nn(Cc2ccccc2Cl)c1Cl. The smallest absolute Gasteiger partial charge is 0.331 e. The zero-order chi connectivity index (χ0) is 20.1. The lowest BCUT2D eigenvalue weighted by molar-refractivity contribution is -0.138. The first-order valence-electron chi connectivity index (χ1n) is 8.81. The molecule has 1 heterocycles. The maximum Gasteiger partial charge on any atom is 0.331 e. The number of carbonyl (C=O) groups excluding carboxylic acids is 1. The van der Waals surface area contributed by atoms with Crippen molar-refractivity contribution in [3.05, 3.63) is 92.7 Å². The van der Waals surface area contributed by atoms with E-state index in [2.05, 4.69) is 5.10 Å². The van der Waals surface area contributed by atoms with E-state index in [1.807, 2.05) is 62.4 Å². The predicted molar refractivity (Wildman–Crippen MR) is 113 cm³/mol. The van der Waals surface area contributed by atoms with E-state index in [1.165, 1.54) is 6.08 Å². The Morgan fingerprint density at radius 1 is 1.07 bits per heavy atom. The number of benzene rings is 2. The molecule has 0 aliphatic rings. The quantitative estimate of drug-likeness (QED) is 0.388. The molecular weight excluding hydrogens is 395 g/mol. The second-order valence-electron chi connectivity index (χ2n) is 6.41. The molecule has 144 valence electrons. The summed E-state index contributed by atoms with van der Waals surface area (Å²) in [6, 6.07) is 15.3.